The first-order valence-electron chi connectivity index (χ1n) is 8.29. The van der Waals surface area contributed by atoms with Crippen LogP contribution in [0.25, 0.3) is 0 Å². The third kappa shape index (κ3) is 3.02. The van der Waals surface area contributed by atoms with Gasteiger partial charge in [-0.1, -0.05) is 11.6 Å². The van der Waals surface area contributed by atoms with E-state index in [0.29, 0.717) is 35.4 Å². The third-order valence-corrected chi connectivity index (χ3v) is 7.01. The van der Waals surface area contributed by atoms with Gasteiger partial charge in [-0.05, 0) is 49.4 Å². The van der Waals surface area contributed by atoms with Gasteiger partial charge in [-0.15, -0.1) is 0 Å². The Balaban J connectivity index is 1.64. The van der Waals surface area contributed by atoms with Gasteiger partial charge >= 0.3 is 5.69 Å². The number of aromatic nitrogens is 3. The Hall–Kier alpha value is -1.64. The van der Waals surface area contributed by atoms with Crippen LogP contribution in [0.1, 0.15) is 24.2 Å². The van der Waals surface area contributed by atoms with Crippen molar-refractivity contribution in [1.82, 2.24) is 18.7 Å². The highest BCUT2D eigenvalue weighted by Gasteiger charge is 2.32. The van der Waals surface area contributed by atoms with Gasteiger partial charge in [-0.25, -0.2) is 17.9 Å². The van der Waals surface area contributed by atoms with Crippen LogP contribution >= 0.6 is 11.6 Å². The molecule has 7 nitrogen and oxygen atoms in total. The van der Waals surface area contributed by atoms with Crippen LogP contribution in [0, 0.1) is 12.8 Å². The third-order valence-electron chi connectivity index (χ3n) is 4.77. The Bertz CT molecular complexity index is 991. The number of hydrogen-bond donors (Lipinski definition) is 0. The van der Waals surface area contributed by atoms with E-state index < -0.39 is 10.0 Å². The normalized spacial score (nSPS) is 18.3. The second-order valence-electron chi connectivity index (χ2n) is 6.72. The summed E-state index contributed by atoms with van der Waals surface area (Å²) in [5.41, 5.74) is 0.469. The number of nitrogens with zero attached hydrogens (tertiary/aromatic N) is 4. The van der Waals surface area contributed by atoms with E-state index in [-0.39, 0.29) is 23.7 Å². The van der Waals surface area contributed by atoms with Gasteiger partial charge in [0.05, 0.1) is 11.4 Å². The van der Waals surface area contributed by atoms with Crippen molar-refractivity contribution in [1.29, 1.82) is 0 Å². The SMILES string of the molecule is Cc1cc(Cl)ccc1S(=O)(=O)N1CCn2c(nn(CC3CC3)c2=O)C1. The lowest BCUT2D eigenvalue weighted by atomic mass is 10.2. The van der Waals surface area contributed by atoms with Crippen LogP contribution in [0.15, 0.2) is 27.9 Å². The van der Waals surface area contributed by atoms with Gasteiger partial charge in [0.15, 0.2) is 0 Å². The molecule has 1 aliphatic carbocycles. The summed E-state index contributed by atoms with van der Waals surface area (Å²) >= 11 is 5.93. The zero-order chi connectivity index (χ0) is 17.8. The summed E-state index contributed by atoms with van der Waals surface area (Å²) in [6.45, 7) is 3.04. The van der Waals surface area contributed by atoms with Crippen molar-refractivity contribution in [3.8, 4) is 0 Å². The fourth-order valence-electron chi connectivity index (χ4n) is 3.19. The number of rotatable bonds is 4. The number of benzene rings is 1. The molecule has 1 aromatic carbocycles. The quantitative estimate of drug-likeness (QED) is 0.805. The second kappa shape index (κ2) is 5.96. The number of fused-ring (bicyclic) bond motifs is 1. The first-order valence-corrected chi connectivity index (χ1v) is 10.1. The van der Waals surface area contributed by atoms with Gasteiger partial charge in [0.25, 0.3) is 0 Å². The Morgan fingerprint density at radius 1 is 1.28 bits per heavy atom. The standard InChI is InChI=1S/C16H19ClN4O3S/c1-11-8-13(17)4-5-14(11)25(23,24)19-6-7-20-15(10-19)18-21(16(20)22)9-12-2-3-12/h4-5,8,12H,2-3,6-7,9-10H2,1H3. The number of sulfonamides is 1. The summed E-state index contributed by atoms with van der Waals surface area (Å²) in [5, 5.41) is 4.87. The van der Waals surface area contributed by atoms with Crippen LogP contribution in [0.4, 0.5) is 0 Å². The molecule has 0 bridgehead atoms. The van der Waals surface area contributed by atoms with E-state index in [1.165, 1.54) is 15.1 Å². The monoisotopic (exact) mass is 382 g/mol. The highest BCUT2D eigenvalue weighted by atomic mass is 35.5. The minimum Gasteiger partial charge on any atom is -0.276 e. The molecule has 0 unspecified atom stereocenters. The van der Waals surface area contributed by atoms with E-state index in [4.69, 9.17) is 11.6 Å². The first kappa shape index (κ1) is 16.8. The zero-order valence-corrected chi connectivity index (χ0v) is 15.4. The van der Waals surface area contributed by atoms with Gasteiger partial charge in [-0.2, -0.15) is 9.40 Å². The van der Waals surface area contributed by atoms with Crippen molar-refractivity contribution in [3.63, 3.8) is 0 Å². The summed E-state index contributed by atoms with van der Waals surface area (Å²) < 4.78 is 30.4. The molecule has 0 radical (unpaired) electrons. The Morgan fingerprint density at radius 3 is 2.72 bits per heavy atom. The average molecular weight is 383 g/mol. The van der Waals surface area contributed by atoms with Crippen molar-refractivity contribution < 1.29 is 8.42 Å². The topological polar surface area (TPSA) is 77.2 Å². The van der Waals surface area contributed by atoms with Crippen molar-refractivity contribution in [3.05, 3.63) is 45.1 Å². The number of halogens is 1. The second-order valence-corrected chi connectivity index (χ2v) is 9.07. The molecule has 134 valence electrons. The highest BCUT2D eigenvalue weighted by molar-refractivity contribution is 7.89. The smallest absolute Gasteiger partial charge is 0.276 e. The largest absolute Gasteiger partial charge is 0.346 e. The maximum absolute atomic E-state index is 13.0. The van der Waals surface area contributed by atoms with Crippen LogP contribution < -0.4 is 5.69 Å². The molecule has 0 amide bonds. The number of hydrogen-bond acceptors (Lipinski definition) is 4. The summed E-state index contributed by atoms with van der Waals surface area (Å²) in [6.07, 6.45) is 2.26. The maximum Gasteiger partial charge on any atom is 0.346 e. The summed E-state index contributed by atoms with van der Waals surface area (Å²) in [7, 11) is -3.66. The van der Waals surface area contributed by atoms with Gasteiger partial charge in [-0.3, -0.25) is 4.57 Å². The van der Waals surface area contributed by atoms with E-state index in [2.05, 4.69) is 5.10 Å². The molecule has 0 spiro atoms. The Kier molecular flexibility index (Phi) is 4.01. The van der Waals surface area contributed by atoms with Crippen LogP contribution in [-0.2, 0) is 29.7 Å². The van der Waals surface area contributed by atoms with E-state index in [0.717, 1.165) is 12.8 Å². The van der Waals surface area contributed by atoms with Crippen LogP contribution in [0.2, 0.25) is 5.02 Å². The maximum atomic E-state index is 13.0. The predicted molar refractivity (Wildman–Crippen MR) is 93.0 cm³/mol. The van der Waals surface area contributed by atoms with E-state index in [9.17, 15) is 13.2 Å². The molecule has 4 rings (SSSR count). The van der Waals surface area contributed by atoms with Crippen LogP contribution in [0.3, 0.4) is 0 Å². The lowest BCUT2D eigenvalue weighted by Crippen LogP contribution is -2.41. The van der Waals surface area contributed by atoms with E-state index in [1.54, 1.807) is 23.6 Å². The lowest BCUT2D eigenvalue weighted by Gasteiger charge is -2.26. The molecule has 25 heavy (non-hydrogen) atoms. The minimum absolute atomic E-state index is 0.108. The van der Waals surface area contributed by atoms with E-state index >= 15 is 0 Å². The molecule has 2 aromatic rings. The molecule has 0 saturated heterocycles. The molecular weight excluding hydrogens is 364 g/mol. The zero-order valence-electron chi connectivity index (χ0n) is 13.9. The summed E-state index contributed by atoms with van der Waals surface area (Å²) in [6, 6.07) is 4.74. The lowest BCUT2D eigenvalue weighted by molar-refractivity contribution is 0.332. The number of aryl methyl sites for hydroxylation is 1. The van der Waals surface area contributed by atoms with E-state index in [1.807, 2.05) is 0 Å². The first-order chi connectivity index (χ1) is 11.9. The minimum atomic E-state index is -3.66. The Labute approximate surface area is 150 Å². The van der Waals surface area contributed by atoms with Gasteiger partial charge in [0.1, 0.15) is 5.82 Å². The summed E-state index contributed by atoms with van der Waals surface area (Å²) in [4.78, 5) is 12.6. The Morgan fingerprint density at radius 2 is 2.04 bits per heavy atom. The molecule has 2 aliphatic rings. The van der Waals surface area contributed by atoms with Crippen molar-refractivity contribution in [2.45, 2.75) is 44.3 Å². The average Bonchev–Trinajstić information content (AvgIpc) is 3.31. The van der Waals surface area contributed by atoms with Crippen LogP contribution in [0.5, 0.6) is 0 Å². The van der Waals surface area contributed by atoms with Gasteiger partial charge in [0, 0.05) is 24.7 Å². The fourth-order valence-corrected chi connectivity index (χ4v) is 5.00. The molecule has 9 heteroatoms. The predicted octanol–water partition coefficient (Wildman–Crippen LogP) is 1.62. The van der Waals surface area contributed by atoms with Gasteiger partial charge in [0.2, 0.25) is 10.0 Å². The fraction of sp³-hybridized carbons (Fsp3) is 0.500. The molecule has 1 saturated carbocycles. The molecule has 1 fully saturated rings. The van der Waals surface area contributed by atoms with Crippen molar-refractivity contribution in [2.24, 2.45) is 5.92 Å². The molecular formula is C16H19ClN4O3S. The molecule has 0 N–H and O–H groups in total. The van der Waals surface area contributed by atoms with Crippen molar-refractivity contribution >= 4 is 21.6 Å². The molecule has 1 aromatic heterocycles. The van der Waals surface area contributed by atoms with Crippen LogP contribution in [-0.4, -0.2) is 33.6 Å². The molecule has 2 heterocycles. The molecule has 1 aliphatic heterocycles. The van der Waals surface area contributed by atoms with Crippen molar-refractivity contribution in [2.75, 3.05) is 6.54 Å². The highest BCUT2D eigenvalue weighted by Crippen LogP contribution is 2.30. The molecule has 0 atom stereocenters. The van der Waals surface area contributed by atoms with Gasteiger partial charge < -0.3 is 0 Å². The summed E-state index contributed by atoms with van der Waals surface area (Å²) in [5.74, 6) is 1.04.